The number of nitrogens with one attached hydrogen (secondary N) is 1. The van der Waals surface area contributed by atoms with Gasteiger partial charge in [-0.25, -0.2) is 4.39 Å². The normalized spacial score (nSPS) is 14.7. The van der Waals surface area contributed by atoms with Crippen LogP contribution in [0.4, 0.5) is 4.39 Å². The summed E-state index contributed by atoms with van der Waals surface area (Å²) in [5, 5.41) is 2.81. The highest BCUT2D eigenvalue weighted by molar-refractivity contribution is 5.94. The van der Waals surface area contributed by atoms with Gasteiger partial charge in [-0.3, -0.25) is 4.79 Å². The van der Waals surface area contributed by atoms with Crippen molar-refractivity contribution < 1.29 is 9.18 Å². The van der Waals surface area contributed by atoms with Gasteiger partial charge in [0, 0.05) is 12.1 Å². The molecule has 0 atom stereocenters. The molecule has 0 spiro atoms. The van der Waals surface area contributed by atoms with Crippen LogP contribution in [0.25, 0.3) is 0 Å². The first-order chi connectivity index (χ1) is 9.70. The minimum atomic E-state index is -0.521. The molecule has 1 aliphatic rings. The second-order valence-corrected chi connectivity index (χ2v) is 5.06. The number of carbonyl (C=O) groups is 1. The maximum Gasteiger partial charge on any atom is 0.254 e. The Labute approximate surface area is 118 Å². The molecule has 20 heavy (non-hydrogen) atoms. The van der Waals surface area contributed by atoms with Gasteiger partial charge in [0.25, 0.3) is 5.91 Å². The zero-order valence-electron chi connectivity index (χ0n) is 11.4. The second-order valence-electron chi connectivity index (χ2n) is 5.06. The van der Waals surface area contributed by atoms with Gasteiger partial charge in [-0.15, -0.1) is 0 Å². The van der Waals surface area contributed by atoms with E-state index in [1.54, 1.807) is 6.07 Å². The number of hydrogen-bond donors (Lipinski definition) is 2. The zero-order chi connectivity index (χ0) is 14.4. The van der Waals surface area contributed by atoms with Crippen LogP contribution in [0.5, 0.6) is 0 Å². The molecule has 0 aliphatic heterocycles. The van der Waals surface area contributed by atoms with Crippen LogP contribution in [-0.4, -0.2) is 19.0 Å². The molecule has 0 aromatic heterocycles. The molecule has 106 valence electrons. The van der Waals surface area contributed by atoms with Gasteiger partial charge in [-0.2, -0.15) is 0 Å². The maximum atomic E-state index is 13.7. The van der Waals surface area contributed by atoms with Gasteiger partial charge in [0.2, 0.25) is 0 Å². The number of hydrogen-bond acceptors (Lipinski definition) is 2. The van der Waals surface area contributed by atoms with Gasteiger partial charge in [0.15, 0.2) is 0 Å². The molecule has 2 rings (SSSR count). The van der Waals surface area contributed by atoms with Crippen LogP contribution in [0, 0.1) is 23.6 Å². The summed E-state index contributed by atoms with van der Waals surface area (Å²) in [6, 6.07) is 4.29. The number of carbonyl (C=O) groups excluding carboxylic acids is 1. The molecule has 1 aliphatic carbocycles. The molecule has 0 radical (unpaired) electrons. The van der Waals surface area contributed by atoms with Crippen LogP contribution in [0.2, 0.25) is 0 Å². The first-order valence-corrected chi connectivity index (χ1v) is 6.97. The van der Waals surface area contributed by atoms with E-state index in [0.717, 1.165) is 12.8 Å². The van der Waals surface area contributed by atoms with Crippen molar-refractivity contribution in [2.24, 2.45) is 11.7 Å². The van der Waals surface area contributed by atoms with E-state index in [-0.39, 0.29) is 18.0 Å². The minimum Gasteiger partial charge on any atom is -0.352 e. The Kier molecular flexibility index (Phi) is 5.14. The summed E-state index contributed by atoms with van der Waals surface area (Å²) in [5.74, 6) is 5.13. The Hall–Kier alpha value is -1.86. The van der Waals surface area contributed by atoms with E-state index in [1.807, 2.05) is 0 Å². The average Bonchev–Trinajstić information content (AvgIpc) is 2.97. The van der Waals surface area contributed by atoms with E-state index in [0.29, 0.717) is 18.0 Å². The molecule has 0 saturated heterocycles. The monoisotopic (exact) mass is 274 g/mol. The van der Waals surface area contributed by atoms with E-state index in [4.69, 9.17) is 5.73 Å². The smallest absolute Gasteiger partial charge is 0.254 e. The molecular weight excluding hydrogens is 255 g/mol. The van der Waals surface area contributed by atoms with Gasteiger partial charge in [-0.1, -0.05) is 24.7 Å². The second kappa shape index (κ2) is 7.06. The summed E-state index contributed by atoms with van der Waals surface area (Å²) in [5.41, 5.74) is 5.94. The zero-order valence-corrected chi connectivity index (χ0v) is 11.4. The van der Waals surface area contributed by atoms with Crippen molar-refractivity contribution in [2.75, 3.05) is 13.1 Å². The SMILES string of the molecule is NCC#Cc1ccc(F)c(C(=O)NCC2CCCC2)c1. The summed E-state index contributed by atoms with van der Waals surface area (Å²) in [7, 11) is 0. The van der Waals surface area contributed by atoms with Gasteiger partial charge < -0.3 is 11.1 Å². The number of nitrogens with two attached hydrogens (primary N) is 1. The molecule has 0 heterocycles. The molecule has 1 amide bonds. The molecule has 1 aromatic carbocycles. The van der Waals surface area contributed by atoms with Crippen molar-refractivity contribution in [2.45, 2.75) is 25.7 Å². The highest BCUT2D eigenvalue weighted by Gasteiger charge is 2.17. The largest absolute Gasteiger partial charge is 0.352 e. The van der Waals surface area contributed by atoms with Crippen LogP contribution in [0.1, 0.15) is 41.6 Å². The van der Waals surface area contributed by atoms with Crippen molar-refractivity contribution in [3.05, 3.63) is 35.1 Å². The third-order valence-electron chi connectivity index (χ3n) is 3.57. The minimum absolute atomic E-state index is 0.0480. The van der Waals surface area contributed by atoms with E-state index < -0.39 is 5.82 Å². The highest BCUT2D eigenvalue weighted by atomic mass is 19.1. The lowest BCUT2D eigenvalue weighted by Crippen LogP contribution is -2.29. The number of rotatable bonds is 3. The first-order valence-electron chi connectivity index (χ1n) is 6.97. The lowest BCUT2D eigenvalue weighted by atomic mass is 10.1. The van der Waals surface area contributed by atoms with Crippen LogP contribution < -0.4 is 11.1 Å². The lowest BCUT2D eigenvalue weighted by Gasteiger charge is -2.11. The Morgan fingerprint density at radius 1 is 1.40 bits per heavy atom. The molecule has 4 heteroatoms. The molecule has 0 bridgehead atoms. The van der Waals surface area contributed by atoms with Crippen molar-refractivity contribution >= 4 is 5.91 Å². The van der Waals surface area contributed by atoms with E-state index in [2.05, 4.69) is 17.2 Å². The molecule has 1 saturated carbocycles. The fraction of sp³-hybridized carbons (Fsp3) is 0.438. The maximum absolute atomic E-state index is 13.7. The summed E-state index contributed by atoms with van der Waals surface area (Å²) < 4.78 is 13.7. The molecular formula is C16H19FN2O. The predicted molar refractivity (Wildman–Crippen MR) is 76.6 cm³/mol. The van der Waals surface area contributed by atoms with Crippen LogP contribution >= 0.6 is 0 Å². The van der Waals surface area contributed by atoms with E-state index in [9.17, 15) is 9.18 Å². The van der Waals surface area contributed by atoms with Crippen LogP contribution in [-0.2, 0) is 0 Å². The molecule has 1 aromatic rings. The first kappa shape index (κ1) is 14.5. The standard InChI is InChI=1S/C16H19FN2O/c17-15-8-7-12(6-3-9-18)10-14(15)16(20)19-11-13-4-1-2-5-13/h7-8,10,13H,1-2,4-5,9,11,18H2,(H,19,20). The van der Waals surface area contributed by atoms with Crippen molar-refractivity contribution in [3.8, 4) is 11.8 Å². The quantitative estimate of drug-likeness (QED) is 0.829. The lowest BCUT2D eigenvalue weighted by molar-refractivity contribution is 0.0943. The third kappa shape index (κ3) is 3.82. The Bertz CT molecular complexity index is 539. The van der Waals surface area contributed by atoms with Crippen molar-refractivity contribution in [1.29, 1.82) is 0 Å². The summed E-state index contributed by atoms with van der Waals surface area (Å²) in [6.45, 7) is 0.859. The summed E-state index contributed by atoms with van der Waals surface area (Å²) in [6.07, 6.45) is 4.73. The van der Waals surface area contributed by atoms with Gasteiger partial charge >= 0.3 is 0 Å². The van der Waals surface area contributed by atoms with Crippen LogP contribution in [0.15, 0.2) is 18.2 Å². The Morgan fingerprint density at radius 2 is 2.15 bits per heavy atom. The number of halogens is 1. The van der Waals surface area contributed by atoms with Gasteiger partial charge in [0.1, 0.15) is 5.82 Å². The van der Waals surface area contributed by atoms with Crippen molar-refractivity contribution in [3.63, 3.8) is 0 Å². The van der Waals surface area contributed by atoms with Crippen LogP contribution in [0.3, 0.4) is 0 Å². The summed E-state index contributed by atoms with van der Waals surface area (Å²) >= 11 is 0. The van der Waals surface area contributed by atoms with E-state index in [1.165, 1.54) is 25.0 Å². The topological polar surface area (TPSA) is 55.1 Å². The Balaban J connectivity index is 2.03. The highest BCUT2D eigenvalue weighted by Crippen LogP contribution is 2.23. The van der Waals surface area contributed by atoms with Gasteiger partial charge in [-0.05, 0) is 37.0 Å². The van der Waals surface area contributed by atoms with Crippen molar-refractivity contribution in [1.82, 2.24) is 5.32 Å². The Morgan fingerprint density at radius 3 is 2.85 bits per heavy atom. The number of benzene rings is 1. The fourth-order valence-electron chi connectivity index (χ4n) is 2.48. The third-order valence-corrected chi connectivity index (χ3v) is 3.57. The molecule has 1 fully saturated rings. The van der Waals surface area contributed by atoms with E-state index >= 15 is 0 Å². The number of amides is 1. The molecule has 3 nitrogen and oxygen atoms in total. The summed E-state index contributed by atoms with van der Waals surface area (Å²) in [4.78, 5) is 12.0. The molecule has 3 N–H and O–H groups in total. The predicted octanol–water partition coefficient (Wildman–Crippen LogP) is 2.06. The fourth-order valence-corrected chi connectivity index (χ4v) is 2.48. The molecule has 0 unspecified atom stereocenters. The van der Waals surface area contributed by atoms with Gasteiger partial charge in [0.05, 0.1) is 12.1 Å². The average molecular weight is 274 g/mol.